The highest BCUT2D eigenvalue weighted by Crippen LogP contribution is 2.33. The van der Waals surface area contributed by atoms with Crippen LogP contribution in [-0.2, 0) is 11.2 Å². The Labute approximate surface area is 112 Å². The van der Waals surface area contributed by atoms with Crippen molar-refractivity contribution in [3.05, 3.63) is 35.9 Å². The summed E-state index contributed by atoms with van der Waals surface area (Å²) >= 11 is 6.22. The summed E-state index contributed by atoms with van der Waals surface area (Å²) in [5.74, 6) is 1.19. The lowest BCUT2D eigenvalue weighted by Gasteiger charge is -2.26. The van der Waals surface area contributed by atoms with Crippen molar-refractivity contribution in [2.24, 2.45) is 0 Å². The number of nitrogens with zero attached hydrogens (tertiary/aromatic N) is 1. The third kappa shape index (κ3) is 2.99. The maximum atomic E-state index is 11.9. The number of hydrogen-bond acceptors (Lipinski definition) is 3. The maximum Gasteiger partial charge on any atom is 0.224 e. The number of thioether (sulfide) groups is 1. The van der Waals surface area contributed by atoms with E-state index in [4.69, 9.17) is 0 Å². The average molecular weight is 267 g/mol. The molecule has 1 fully saturated rings. The monoisotopic (exact) mass is 267 g/mol. The number of hydrogen-bond donors (Lipinski definition) is 1. The lowest BCUT2D eigenvalue weighted by molar-refractivity contribution is -0.131. The first-order chi connectivity index (χ1) is 8.22. The first kappa shape index (κ1) is 12.8. The second kappa shape index (κ2) is 5.83. The van der Waals surface area contributed by atoms with E-state index in [1.165, 1.54) is 5.56 Å². The molecule has 1 aromatic carbocycles. The van der Waals surface area contributed by atoms with Crippen LogP contribution >= 0.6 is 24.4 Å². The molecule has 17 heavy (non-hydrogen) atoms. The van der Waals surface area contributed by atoms with Gasteiger partial charge in [-0.15, -0.1) is 24.4 Å². The Morgan fingerprint density at radius 3 is 2.82 bits per heavy atom. The largest absolute Gasteiger partial charge is 0.318 e. The van der Waals surface area contributed by atoms with Gasteiger partial charge in [-0.05, 0) is 12.0 Å². The molecular formula is C13H17NOS2. The minimum atomic E-state index is 0.0242. The fraction of sp³-hybridized carbons (Fsp3) is 0.462. The molecule has 0 bridgehead atoms. The lowest BCUT2D eigenvalue weighted by Crippen LogP contribution is -2.40. The molecule has 0 radical (unpaired) electrons. The molecule has 92 valence electrons. The number of benzene rings is 1. The third-order valence-electron chi connectivity index (χ3n) is 2.97. The van der Waals surface area contributed by atoms with Crippen LogP contribution in [0.1, 0.15) is 18.9 Å². The third-order valence-corrected chi connectivity index (χ3v) is 4.77. The molecule has 2 nitrogen and oxygen atoms in total. The van der Waals surface area contributed by atoms with Gasteiger partial charge < -0.3 is 4.90 Å². The number of carbonyl (C=O) groups is 1. The van der Waals surface area contributed by atoms with Crippen LogP contribution in [-0.4, -0.2) is 27.3 Å². The zero-order valence-electron chi connectivity index (χ0n) is 9.87. The molecule has 1 aliphatic rings. The molecular weight excluding hydrogens is 250 g/mol. The predicted octanol–water partition coefficient (Wildman–Crippen LogP) is 2.80. The van der Waals surface area contributed by atoms with Gasteiger partial charge in [0.15, 0.2) is 0 Å². The summed E-state index contributed by atoms with van der Waals surface area (Å²) in [5, 5.41) is 0. The van der Waals surface area contributed by atoms with Gasteiger partial charge in [0.05, 0.1) is 0 Å². The van der Waals surface area contributed by atoms with E-state index in [0.717, 1.165) is 12.2 Å². The standard InChI is InChI=1S/C13H17NOS2/c1-2-12(15)14-11(9-17-13(14)16)8-10-6-4-3-5-7-10/h3-7,11,13,16H,2,8-9H2,1H3/t11-,13-/m0/s1. The highest BCUT2D eigenvalue weighted by Gasteiger charge is 2.34. The molecule has 1 amide bonds. The highest BCUT2D eigenvalue weighted by molar-refractivity contribution is 8.10. The Morgan fingerprint density at radius 1 is 1.47 bits per heavy atom. The van der Waals surface area contributed by atoms with E-state index in [1.54, 1.807) is 11.8 Å². The van der Waals surface area contributed by atoms with Crippen LogP contribution in [0.5, 0.6) is 0 Å². The summed E-state index contributed by atoms with van der Waals surface area (Å²) in [7, 11) is 0. The summed E-state index contributed by atoms with van der Waals surface area (Å²) in [4.78, 5) is 13.8. The minimum Gasteiger partial charge on any atom is -0.318 e. The van der Waals surface area contributed by atoms with E-state index in [9.17, 15) is 4.79 Å². The SMILES string of the molecule is CCC(=O)N1[C@@H](Cc2ccccc2)CS[C@@H]1S. The van der Waals surface area contributed by atoms with Gasteiger partial charge in [-0.3, -0.25) is 4.79 Å². The fourth-order valence-electron chi connectivity index (χ4n) is 2.09. The second-order valence-electron chi connectivity index (χ2n) is 4.16. The van der Waals surface area contributed by atoms with Crippen molar-refractivity contribution in [2.45, 2.75) is 30.5 Å². The van der Waals surface area contributed by atoms with E-state index >= 15 is 0 Å². The van der Waals surface area contributed by atoms with Gasteiger partial charge >= 0.3 is 0 Å². The van der Waals surface area contributed by atoms with E-state index in [-0.39, 0.29) is 16.7 Å². The molecule has 0 unspecified atom stereocenters. The van der Waals surface area contributed by atoms with Crippen LogP contribution in [0.3, 0.4) is 0 Å². The molecule has 2 rings (SSSR count). The average Bonchev–Trinajstić information content (AvgIpc) is 2.71. The molecule has 0 N–H and O–H groups in total. The van der Waals surface area contributed by atoms with Crippen LogP contribution in [0, 0.1) is 0 Å². The Bertz CT molecular complexity index is 382. The van der Waals surface area contributed by atoms with Gasteiger partial charge in [-0.1, -0.05) is 37.3 Å². The molecule has 1 heterocycles. The molecule has 1 saturated heterocycles. The lowest BCUT2D eigenvalue weighted by atomic mass is 10.1. The van der Waals surface area contributed by atoms with Gasteiger partial charge in [-0.25, -0.2) is 0 Å². The van der Waals surface area contributed by atoms with Gasteiger partial charge in [-0.2, -0.15) is 0 Å². The van der Waals surface area contributed by atoms with E-state index in [2.05, 4.69) is 24.8 Å². The van der Waals surface area contributed by atoms with Gasteiger partial charge in [0.2, 0.25) is 5.91 Å². The van der Waals surface area contributed by atoms with Crippen LogP contribution < -0.4 is 0 Å². The van der Waals surface area contributed by atoms with E-state index in [1.807, 2.05) is 30.0 Å². The molecule has 4 heteroatoms. The smallest absolute Gasteiger partial charge is 0.224 e. The van der Waals surface area contributed by atoms with Gasteiger partial charge in [0.1, 0.15) is 4.71 Å². The van der Waals surface area contributed by atoms with Crippen molar-refractivity contribution in [1.82, 2.24) is 4.90 Å². The summed E-state index contributed by atoms with van der Waals surface area (Å²) in [6.45, 7) is 1.91. The van der Waals surface area contributed by atoms with Crippen LogP contribution in [0.4, 0.5) is 0 Å². The summed E-state index contributed by atoms with van der Waals surface area (Å²) in [6.07, 6.45) is 1.49. The number of carbonyl (C=O) groups excluding carboxylic acids is 1. The van der Waals surface area contributed by atoms with Crippen molar-refractivity contribution in [1.29, 1.82) is 0 Å². The topological polar surface area (TPSA) is 20.3 Å². The number of rotatable bonds is 3. The Hall–Kier alpha value is -0.610. The normalized spacial score (nSPS) is 24.0. The van der Waals surface area contributed by atoms with E-state index < -0.39 is 0 Å². The van der Waals surface area contributed by atoms with Crippen LogP contribution in [0.15, 0.2) is 30.3 Å². The van der Waals surface area contributed by atoms with Crippen LogP contribution in [0.25, 0.3) is 0 Å². The quantitative estimate of drug-likeness (QED) is 0.850. The highest BCUT2D eigenvalue weighted by atomic mass is 32.2. The zero-order chi connectivity index (χ0) is 12.3. The number of thiol groups is 1. The summed E-state index contributed by atoms with van der Waals surface area (Å²) in [5.41, 5.74) is 1.29. The Kier molecular flexibility index (Phi) is 4.40. The molecule has 0 saturated carbocycles. The summed E-state index contributed by atoms with van der Waals surface area (Å²) in [6, 6.07) is 10.6. The second-order valence-corrected chi connectivity index (χ2v) is 6.11. The molecule has 1 aliphatic heterocycles. The molecule has 2 atom stereocenters. The van der Waals surface area contributed by atoms with Crippen molar-refractivity contribution >= 4 is 30.3 Å². The first-order valence-electron chi connectivity index (χ1n) is 5.87. The zero-order valence-corrected chi connectivity index (χ0v) is 11.6. The van der Waals surface area contributed by atoms with E-state index in [0.29, 0.717) is 6.42 Å². The summed E-state index contributed by atoms with van der Waals surface area (Å²) < 4.78 is 0.0242. The molecule has 0 spiro atoms. The van der Waals surface area contributed by atoms with Crippen molar-refractivity contribution in [2.75, 3.05) is 5.75 Å². The first-order valence-corrected chi connectivity index (χ1v) is 7.43. The molecule has 1 aromatic rings. The van der Waals surface area contributed by atoms with Gasteiger partial charge in [0, 0.05) is 18.2 Å². The predicted molar refractivity (Wildman–Crippen MR) is 76.3 cm³/mol. The van der Waals surface area contributed by atoms with Crippen LogP contribution in [0.2, 0.25) is 0 Å². The van der Waals surface area contributed by atoms with Crippen molar-refractivity contribution < 1.29 is 4.79 Å². The minimum absolute atomic E-state index is 0.0242. The maximum absolute atomic E-state index is 11.9. The molecule has 0 aliphatic carbocycles. The van der Waals surface area contributed by atoms with Crippen molar-refractivity contribution in [3.8, 4) is 0 Å². The fourth-order valence-corrected chi connectivity index (χ4v) is 3.79. The Morgan fingerprint density at radius 2 is 2.18 bits per heavy atom. The van der Waals surface area contributed by atoms with Gasteiger partial charge in [0.25, 0.3) is 0 Å². The van der Waals surface area contributed by atoms with Crippen molar-refractivity contribution in [3.63, 3.8) is 0 Å². The molecule has 0 aromatic heterocycles. The number of amides is 1. The Balaban J connectivity index is 2.07.